The van der Waals surface area contributed by atoms with E-state index in [2.05, 4.69) is 39.9 Å². The highest BCUT2D eigenvalue weighted by molar-refractivity contribution is 5.73. The van der Waals surface area contributed by atoms with E-state index in [9.17, 15) is 4.79 Å². The molecule has 1 aromatic heterocycles. The summed E-state index contributed by atoms with van der Waals surface area (Å²) in [5, 5.41) is 6.56. The van der Waals surface area contributed by atoms with Crippen molar-refractivity contribution >= 4 is 5.91 Å². The molecule has 28 heavy (non-hydrogen) atoms. The first-order chi connectivity index (χ1) is 13.7. The number of hydrogen-bond acceptors (Lipinski definition) is 5. The molecule has 6 heteroatoms. The molecule has 0 radical (unpaired) electrons. The van der Waals surface area contributed by atoms with Gasteiger partial charge in [0.1, 0.15) is 6.61 Å². The topological polar surface area (TPSA) is 72.5 Å². The number of carbonyl (C=O) groups excluding carboxylic acids is 1. The van der Waals surface area contributed by atoms with E-state index in [1.165, 1.54) is 5.56 Å². The van der Waals surface area contributed by atoms with Crippen LogP contribution in [0.1, 0.15) is 37.0 Å². The lowest BCUT2D eigenvalue weighted by Gasteiger charge is -2.31. The summed E-state index contributed by atoms with van der Waals surface area (Å²) in [6, 6.07) is 12.3. The minimum absolute atomic E-state index is 0.0408. The third kappa shape index (κ3) is 4.44. The maximum absolute atomic E-state index is 11.7. The van der Waals surface area contributed by atoms with Crippen LogP contribution in [0.2, 0.25) is 0 Å². The monoisotopic (exact) mass is 381 g/mol. The van der Waals surface area contributed by atoms with Gasteiger partial charge in [0.2, 0.25) is 5.91 Å². The van der Waals surface area contributed by atoms with E-state index in [0.29, 0.717) is 24.2 Å². The van der Waals surface area contributed by atoms with Crippen molar-refractivity contribution in [3.63, 3.8) is 0 Å². The van der Waals surface area contributed by atoms with E-state index in [-0.39, 0.29) is 18.1 Å². The van der Waals surface area contributed by atoms with Crippen LogP contribution in [0.3, 0.4) is 0 Å². The van der Waals surface area contributed by atoms with Crippen LogP contribution < -0.4 is 20.1 Å². The highest BCUT2D eigenvalue weighted by Crippen LogP contribution is 2.34. The fourth-order valence-electron chi connectivity index (χ4n) is 4.04. The van der Waals surface area contributed by atoms with Crippen LogP contribution in [0.5, 0.6) is 11.6 Å². The number of rotatable bonds is 5. The number of carbonyl (C=O) groups is 1. The lowest BCUT2D eigenvalue weighted by molar-refractivity contribution is -0.120. The predicted octanol–water partition coefficient (Wildman–Crippen LogP) is 2.64. The van der Waals surface area contributed by atoms with Gasteiger partial charge in [-0.2, -0.15) is 0 Å². The largest absolute Gasteiger partial charge is 0.484 e. The van der Waals surface area contributed by atoms with Gasteiger partial charge in [0.05, 0.1) is 0 Å². The molecule has 1 saturated heterocycles. The highest BCUT2D eigenvalue weighted by Gasteiger charge is 2.26. The fraction of sp³-hybridized carbons (Fsp3) is 0.455. The number of amides is 1. The summed E-state index contributed by atoms with van der Waals surface area (Å²) < 4.78 is 11.8. The molecule has 2 aliphatic rings. The Bertz CT molecular complexity index is 803. The van der Waals surface area contributed by atoms with Gasteiger partial charge in [-0.15, -0.1) is 0 Å². The molecule has 0 spiro atoms. The number of ether oxygens (including phenoxy) is 2. The first-order valence-electron chi connectivity index (χ1n) is 10.00. The van der Waals surface area contributed by atoms with Crippen LogP contribution in [0, 0.1) is 5.92 Å². The first kappa shape index (κ1) is 18.7. The maximum atomic E-state index is 11.7. The van der Waals surface area contributed by atoms with E-state index in [0.717, 1.165) is 37.9 Å². The molecule has 3 heterocycles. The number of nitrogens with zero attached hydrogens (tertiary/aromatic N) is 1. The van der Waals surface area contributed by atoms with E-state index in [1.54, 1.807) is 13.1 Å². The van der Waals surface area contributed by atoms with Crippen LogP contribution in [-0.2, 0) is 11.2 Å². The van der Waals surface area contributed by atoms with E-state index in [1.807, 2.05) is 12.1 Å². The maximum Gasteiger partial charge on any atom is 0.257 e. The number of pyridine rings is 1. The van der Waals surface area contributed by atoms with Gasteiger partial charge in [0, 0.05) is 19.2 Å². The van der Waals surface area contributed by atoms with Gasteiger partial charge < -0.3 is 20.1 Å². The number of aromatic nitrogens is 1. The van der Waals surface area contributed by atoms with Gasteiger partial charge in [-0.05, 0) is 61.5 Å². The van der Waals surface area contributed by atoms with Crippen molar-refractivity contribution < 1.29 is 14.3 Å². The smallest absolute Gasteiger partial charge is 0.257 e. The summed E-state index contributed by atoms with van der Waals surface area (Å²) in [7, 11) is 0. The molecule has 2 N–H and O–H groups in total. The second kappa shape index (κ2) is 8.61. The lowest BCUT2D eigenvalue weighted by atomic mass is 9.86. The van der Waals surface area contributed by atoms with Crippen LogP contribution in [0.25, 0.3) is 0 Å². The zero-order valence-corrected chi connectivity index (χ0v) is 16.2. The molecular weight excluding hydrogens is 354 g/mol. The Balaban J connectivity index is 1.42. The molecule has 148 valence electrons. The van der Waals surface area contributed by atoms with Crippen molar-refractivity contribution in [1.29, 1.82) is 0 Å². The molecule has 1 amide bonds. The minimum Gasteiger partial charge on any atom is -0.484 e. The van der Waals surface area contributed by atoms with Gasteiger partial charge in [-0.3, -0.25) is 4.79 Å². The summed E-state index contributed by atoms with van der Waals surface area (Å²) >= 11 is 0. The summed E-state index contributed by atoms with van der Waals surface area (Å²) in [5.74, 6) is 1.79. The standard InChI is InChI=1S/C22H27N3O3/c1-15(26)25-19(17-8-11-23-12-9-17)13-16-4-6-18(7-5-16)21-14-27-20-3-2-10-24-22(20)28-21/h2-7,10,17,19,21,23H,8-9,11-14H2,1H3,(H,25,26). The summed E-state index contributed by atoms with van der Waals surface area (Å²) in [6.45, 7) is 4.12. The van der Waals surface area contributed by atoms with Crippen molar-refractivity contribution in [2.24, 2.45) is 5.92 Å². The quantitative estimate of drug-likeness (QED) is 0.833. The summed E-state index contributed by atoms with van der Waals surface area (Å²) in [6.07, 6.45) is 4.59. The van der Waals surface area contributed by atoms with E-state index >= 15 is 0 Å². The number of fused-ring (bicyclic) bond motifs is 1. The zero-order valence-electron chi connectivity index (χ0n) is 16.2. The molecule has 2 aliphatic heterocycles. The number of piperidine rings is 1. The van der Waals surface area contributed by atoms with E-state index in [4.69, 9.17) is 9.47 Å². The van der Waals surface area contributed by atoms with Crippen LogP contribution in [0.15, 0.2) is 42.6 Å². The zero-order chi connectivity index (χ0) is 19.3. The molecule has 2 aromatic rings. The average Bonchev–Trinajstić information content (AvgIpc) is 2.74. The van der Waals surface area contributed by atoms with Crippen molar-refractivity contribution in [1.82, 2.24) is 15.6 Å². The predicted molar refractivity (Wildman–Crippen MR) is 106 cm³/mol. The van der Waals surface area contributed by atoms with Gasteiger partial charge >= 0.3 is 0 Å². The molecule has 0 saturated carbocycles. The Hall–Kier alpha value is -2.60. The molecule has 4 rings (SSSR count). The molecule has 1 aromatic carbocycles. The van der Waals surface area contributed by atoms with Crippen molar-refractivity contribution in [3.05, 3.63) is 53.7 Å². The van der Waals surface area contributed by atoms with Gasteiger partial charge in [-0.1, -0.05) is 24.3 Å². The van der Waals surface area contributed by atoms with Crippen LogP contribution >= 0.6 is 0 Å². The Kier molecular flexibility index (Phi) is 5.76. The van der Waals surface area contributed by atoms with Crippen molar-refractivity contribution in [2.45, 2.75) is 38.3 Å². The Morgan fingerprint density at radius 1 is 1.25 bits per heavy atom. The second-order valence-electron chi connectivity index (χ2n) is 7.56. The molecule has 2 atom stereocenters. The molecule has 0 aliphatic carbocycles. The third-order valence-corrected chi connectivity index (χ3v) is 5.53. The van der Waals surface area contributed by atoms with Crippen molar-refractivity contribution in [2.75, 3.05) is 19.7 Å². The Morgan fingerprint density at radius 3 is 2.79 bits per heavy atom. The lowest BCUT2D eigenvalue weighted by Crippen LogP contribution is -2.44. The first-order valence-corrected chi connectivity index (χ1v) is 10.00. The molecule has 2 unspecified atom stereocenters. The number of hydrogen-bond donors (Lipinski definition) is 2. The molecular formula is C22H27N3O3. The summed E-state index contributed by atoms with van der Waals surface area (Å²) in [4.78, 5) is 15.9. The van der Waals surface area contributed by atoms with Gasteiger partial charge in [0.25, 0.3) is 5.88 Å². The van der Waals surface area contributed by atoms with E-state index < -0.39 is 0 Å². The van der Waals surface area contributed by atoms with Crippen LogP contribution in [0.4, 0.5) is 0 Å². The number of nitrogens with one attached hydrogen (secondary N) is 2. The minimum atomic E-state index is -0.160. The van der Waals surface area contributed by atoms with Crippen LogP contribution in [-0.4, -0.2) is 36.6 Å². The Labute approximate surface area is 165 Å². The molecule has 1 fully saturated rings. The van der Waals surface area contributed by atoms with Gasteiger partial charge in [0.15, 0.2) is 11.9 Å². The number of benzene rings is 1. The normalized spacial score (nSPS) is 20.4. The third-order valence-electron chi connectivity index (χ3n) is 5.53. The van der Waals surface area contributed by atoms with Gasteiger partial charge in [-0.25, -0.2) is 4.98 Å². The molecule has 6 nitrogen and oxygen atoms in total. The fourth-order valence-corrected chi connectivity index (χ4v) is 4.04. The highest BCUT2D eigenvalue weighted by atomic mass is 16.6. The Morgan fingerprint density at radius 2 is 2.04 bits per heavy atom. The second-order valence-corrected chi connectivity index (χ2v) is 7.56. The van der Waals surface area contributed by atoms with Crippen molar-refractivity contribution in [3.8, 4) is 11.6 Å². The summed E-state index contributed by atoms with van der Waals surface area (Å²) in [5.41, 5.74) is 2.29. The molecule has 0 bridgehead atoms. The SMILES string of the molecule is CC(=O)NC(Cc1ccc(C2COc3cccnc3O2)cc1)C1CCNCC1. The average molecular weight is 381 g/mol.